The number of nitrogens with one attached hydrogen (secondary N) is 1. The van der Waals surface area contributed by atoms with E-state index in [1.807, 2.05) is 0 Å². The second-order valence-electron chi connectivity index (χ2n) is 4.52. The molecule has 0 radical (unpaired) electrons. The van der Waals surface area contributed by atoms with Gasteiger partial charge in [0.05, 0.1) is 0 Å². The average Bonchev–Trinajstić information content (AvgIpc) is 1.97. The molecule has 1 fully saturated rings. The third-order valence-corrected chi connectivity index (χ3v) is 4.20. The molecule has 0 aliphatic carbocycles. The monoisotopic (exact) mass is 188 g/mol. The SMILES string of the molecule is CC1NC(C)(C)C(C)N(P)C1C. The van der Waals surface area contributed by atoms with E-state index in [9.17, 15) is 0 Å². The minimum atomic E-state index is 0.216. The van der Waals surface area contributed by atoms with Crippen LogP contribution in [0.15, 0.2) is 0 Å². The predicted molar refractivity (Wildman–Crippen MR) is 57.1 cm³/mol. The molecule has 0 amide bonds. The Kier molecular flexibility index (Phi) is 2.82. The molecule has 0 aromatic rings. The van der Waals surface area contributed by atoms with Crippen LogP contribution in [0, 0.1) is 0 Å². The van der Waals surface area contributed by atoms with Crippen LogP contribution in [0.5, 0.6) is 0 Å². The fourth-order valence-corrected chi connectivity index (χ4v) is 2.44. The van der Waals surface area contributed by atoms with E-state index in [-0.39, 0.29) is 5.54 Å². The zero-order valence-electron chi connectivity index (χ0n) is 8.76. The molecule has 1 N–H and O–H groups in total. The topological polar surface area (TPSA) is 15.3 Å². The quantitative estimate of drug-likeness (QED) is 0.581. The highest BCUT2D eigenvalue weighted by molar-refractivity contribution is 7.13. The molecule has 4 unspecified atom stereocenters. The van der Waals surface area contributed by atoms with Crippen molar-refractivity contribution >= 4 is 9.39 Å². The smallest absolute Gasteiger partial charge is 0.0284 e. The highest BCUT2D eigenvalue weighted by Gasteiger charge is 2.38. The maximum atomic E-state index is 3.63. The molecule has 4 atom stereocenters. The molecule has 2 nitrogen and oxygen atoms in total. The van der Waals surface area contributed by atoms with Crippen LogP contribution in [0.1, 0.15) is 34.6 Å². The highest BCUT2D eigenvalue weighted by Crippen LogP contribution is 2.28. The third kappa shape index (κ3) is 1.66. The van der Waals surface area contributed by atoms with Gasteiger partial charge in [0.1, 0.15) is 0 Å². The van der Waals surface area contributed by atoms with Crippen molar-refractivity contribution in [2.75, 3.05) is 0 Å². The Morgan fingerprint density at radius 1 is 1.25 bits per heavy atom. The lowest BCUT2D eigenvalue weighted by atomic mass is 9.89. The number of piperazine rings is 1. The van der Waals surface area contributed by atoms with E-state index < -0.39 is 0 Å². The highest BCUT2D eigenvalue weighted by atomic mass is 31.0. The van der Waals surface area contributed by atoms with E-state index in [2.05, 4.69) is 54.0 Å². The molecular formula is C9H21N2P. The second kappa shape index (κ2) is 3.25. The minimum Gasteiger partial charge on any atom is -0.306 e. The summed E-state index contributed by atoms with van der Waals surface area (Å²) in [6.45, 7) is 11.3. The molecule has 12 heavy (non-hydrogen) atoms. The van der Waals surface area contributed by atoms with Gasteiger partial charge in [0.2, 0.25) is 0 Å². The molecule has 0 saturated carbocycles. The molecule has 0 spiro atoms. The summed E-state index contributed by atoms with van der Waals surface area (Å²) in [5.74, 6) is 0. The zero-order chi connectivity index (χ0) is 9.52. The molecule has 0 aromatic carbocycles. The molecule has 1 saturated heterocycles. The van der Waals surface area contributed by atoms with Crippen LogP contribution in [0.3, 0.4) is 0 Å². The summed E-state index contributed by atoms with van der Waals surface area (Å²) in [5.41, 5.74) is 0.216. The Morgan fingerprint density at radius 2 is 1.75 bits per heavy atom. The summed E-state index contributed by atoms with van der Waals surface area (Å²) >= 11 is 0. The fraction of sp³-hybridized carbons (Fsp3) is 1.00. The molecule has 1 aliphatic rings. The van der Waals surface area contributed by atoms with Crippen LogP contribution in [0.25, 0.3) is 0 Å². The van der Waals surface area contributed by atoms with Crippen molar-refractivity contribution in [1.29, 1.82) is 0 Å². The molecular weight excluding hydrogens is 167 g/mol. The van der Waals surface area contributed by atoms with Crippen molar-refractivity contribution in [2.45, 2.75) is 58.3 Å². The molecule has 0 bridgehead atoms. The van der Waals surface area contributed by atoms with Gasteiger partial charge in [0, 0.05) is 23.7 Å². The van der Waals surface area contributed by atoms with E-state index in [1.54, 1.807) is 0 Å². The van der Waals surface area contributed by atoms with Crippen molar-refractivity contribution in [3.8, 4) is 0 Å². The molecule has 1 rings (SSSR count). The molecule has 3 heteroatoms. The number of nitrogens with zero attached hydrogens (tertiary/aromatic N) is 1. The van der Waals surface area contributed by atoms with Crippen LogP contribution in [-0.2, 0) is 0 Å². The van der Waals surface area contributed by atoms with Crippen molar-refractivity contribution < 1.29 is 0 Å². The first-order chi connectivity index (χ1) is 5.36. The Labute approximate surface area is 78.3 Å². The first-order valence-electron chi connectivity index (χ1n) is 4.67. The van der Waals surface area contributed by atoms with Crippen LogP contribution < -0.4 is 5.32 Å². The Morgan fingerprint density at radius 3 is 2.25 bits per heavy atom. The Hall–Kier alpha value is 0.350. The second-order valence-corrected chi connectivity index (χ2v) is 5.11. The standard InChI is InChI=1S/C9H21N2P/c1-6-7(2)11(12)8(3)9(4,5)10-6/h6-8,10H,12H2,1-5H3. The maximum Gasteiger partial charge on any atom is 0.0284 e. The van der Waals surface area contributed by atoms with Crippen molar-refractivity contribution in [3.05, 3.63) is 0 Å². The first-order valence-corrected chi connectivity index (χ1v) is 5.18. The number of hydrogen-bond donors (Lipinski definition) is 1. The third-order valence-electron chi connectivity index (χ3n) is 3.29. The summed E-state index contributed by atoms with van der Waals surface area (Å²) in [5, 5.41) is 3.63. The number of rotatable bonds is 0. The maximum absolute atomic E-state index is 3.63. The van der Waals surface area contributed by atoms with Crippen molar-refractivity contribution in [2.24, 2.45) is 0 Å². The Balaban J connectivity index is 2.78. The van der Waals surface area contributed by atoms with E-state index in [0.29, 0.717) is 18.1 Å². The molecule has 0 aromatic heterocycles. The predicted octanol–water partition coefficient (Wildman–Crippen LogP) is 1.63. The van der Waals surface area contributed by atoms with Crippen molar-refractivity contribution in [1.82, 2.24) is 9.99 Å². The van der Waals surface area contributed by atoms with Gasteiger partial charge in [-0.25, -0.2) is 0 Å². The van der Waals surface area contributed by atoms with Gasteiger partial charge in [0.15, 0.2) is 0 Å². The summed E-state index contributed by atoms with van der Waals surface area (Å²) in [7, 11) is 2.84. The molecule has 1 heterocycles. The fourth-order valence-electron chi connectivity index (χ4n) is 1.81. The number of hydrogen-bond acceptors (Lipinski definition) is 2. The van der Waals surface area contributed by atoms with Gasteiger partial charge in [-0.15, -0.1) is 0 Å². The average molecular weight is 188 g/mol. The lowest BCUT2D eigenvalue weighted by Crippen LogP contribution is -2.66. The van der Waals surface area contributed by atoms with E-state index in [0.717, 1.165) is 0 Å². The van der Waals surface area contributed by atoms with Crippen LogP contribution in [-0.4, -0.2) is 28.3 Å². The lowest BCUT2D eigenvalue weighted by Gasteiger charge is -2.50. The summed E-state index contributed by atoms with van der Waals surface area (Å²) < 4.78 is 2.38. The van der Waals surface area contributed by atoms with Gasteiger partial charge in [0.25, 0.3) is 0 Å². The van der Waals surface area contributed by atoms with E-state index >= 15 is 0 Å². The van der Waals surface area contributed by atoms with Gasteiger partial charge in [-0.2, -0.15) is 0 Å². The van der Waals surface area contributed by atoms with Gasteiger partial charge < -0.3 is 5.32 Å². The molecule has 1 aliphatic heterocycles. The lowest BCUT2D eigenvalue weighted by molar-refractivity contribution is 0.0940. The largest absolute Gasteiger partial charge is 0.306 e. The van der Waals surface area contributed by atoms with Crippen LogP contribution in [0.2, 0.25) is 0 Å². The van der Waals surface area contributed by atoms with Gasteiger partial charge >= 0.3 is 0 Å². The van der Waals surface area contributed by atoms with Gasteiger partial charge in [-0.1, -0.05) is 9.39 Å². The summed E-state index contributed by atoms with van der Waals surface area (Å²) in [4.78, 5) is 0. The van der Waals surface area contributed by atoms with Crippen molar-refractivity contribution in [3.63, 3.8) is 0 Å². The normalized spacial score (nSPS) is 43.0. The summed E-state index contributed by atoms with van der Waals surface area (Å²) in [6, 6.07) is 1.72. The van der Waals surface area contributed by atoms with Crippen LogP contribution >= 0.6 is 9.39 Å². The Bertz CT molecular complexity index is 170. The minimum absolute atomic E-state index is 0.216. The zero-order valence-corrected chi connectivity index (χ0v) is 9.91. The van der Waals surface area contributed by atoms with E-state index in [4.69, 9.17) is 0 Å². The van der Waals surface area contributed by atoms with Gasteiger partial charge in [-0.05, 0) is 34.6 Å². The summed E-state index contributed by atoms with van der Waals surface area (Å²) in [6.07, 6.45) is 0. The molecule has 72 valence electrons. The van der Waals surface area contributed by atoms with Gasteiger partial charge in [-0.3, -0.25) is 4.67 Å². The van der Waals surface area contributed by atoms with E-state index in [1.165, 1.54) is 0 Å². The first kappa shape index (κ1) is 10.4. The van der Waals surface area contributed by atoms with Crippen LogP contribution in [0.4, 0.5) is 0 Å².